The molecule has 1 aliphatic rings. The summed E-state index contributed by atoms with van der Waals surface area (Å²) >= 11 is 3.39. The zero-order chi connectivity index (χ0) is 18.7. The normalized spacial score (nSPS) is 13.1. The summed E-state index contributed by atoms with van der Waals surface area (Å²) in [6.45, 7) is 4.79. The zero-order valence-corrected chi connectivity index (χ0v) is 15.7. The number of hydrogen-bond acceptors (Lipinski definition) is 2. The van der Waals surface area contributed by atoms with Crippen molar-refractivity contribution < 1.29 is 14.0 Å². The van der Waals surface area contributed by atoms with Crippen molar-refractivity contribution >= 4 is 27.7 Å². The van der Waals surface area contributed by atoms with E-state index < -0.39 is 0 Å². The molecule has 0 radical (unpaired) electrons. The highest BCUT2D eigenvalue weighted by Gasteiger charge is 2.24. The van der Waals surface area contributed by atoms with E-state index in [1.807, 2.05) is 12.1 Å². The number of rotatable bonds is 4. The van der Waals surface area contributed by atoms with Crippen molar-refractivity contribution in [2.75, 3.05) is 6.54 Å². The van der Waals surface area contributed by atoms with Crippen LogP contribution in [0.15, 0.2) is 53.5 Å². The predicted octanol–water partition coefficient (Wildman–Crippen LogP) is 3.59. The molecule has 1 N–H and O–H groups in total. The van der Waals surface area contributed by atoms with Crippen molar-refractivity contribution in [3.8, 4) is 0 Å². The van der Waals surface area contributed by atoms with Gasteiger partial charge in [-0.05, 0) is 53.5 Å². The minimum atomic E-state index is -0.269. The lowest BCUT2D eigenvalue weighted by atomic mass is 9.99. The molecule has 0 fully saturated rings. The summed E-state index contributed by atoms with van der Waals surface area (Å²) in [6, 6.07) is 10.1. The van der Waals surface area contributed by atoms with Crippen LogP contribution < -0.4 is 5.32 Å². The fraction of sp³-hybridized carbons (Fsp3) is 0.200. The Morgan fingerprint density at radius 2 is 2.00 bits per heavy atom. The van der Waals surface area contributed by atoms with Crippen LogP contribution in [0, 0.1) is 5.82 Å². The van der Waals surface area contributed by atoms with E-state index in [1.165, 1.54) is 18.2 Å². The number of fused-ring (bicyclic) bond motifs is 1. The molecule has 0 bridgehead atoms. The molecule has 4 nitrogen and oxygen atoms in total. The largest absolute Gasteiger partial charge is 0.348 e. The molecule has 0 aliphatic carbocycles. The molecule has 2 amide bonds. The second-order valence-electron chi connectivity index (χ2n) is 6.12. The number of carbonyl (C=O) groups is 2. The number of halogens is 2. The first-order valence-corrected chi connectivity index (χ1v) is 9.02. The summed E-state index contributed by atoms with van der Waals surface area (Å²) < 4.78 is 14.2. The summed E-state index contributed by atoms with van der Waals surface area (Å²) in [6.07, 6.45) is 1.85. The zero-order valence-electron chi connectivity index (χ0n) is 14.1. The molecular weight excluding hydrogens is 399 g/mol. The number of nitrogens with zero attached hydrogens (tertiary/aromatic N) is 1. The van der Waals surface area contributed by atoms with E-state index in [2.05, 4.69) is 27.8 Å². The molecule has 6 heteroatoms. The van der Waals surface area contributed by atoms with Gasteiger partial charge in [0.1, 0.15) is 5.82 Å². The summed E-state index contributed by atoms with van der Waals surface area (Å²) in [5.41, 5.74) is 3.38. The molecule has 2 aromatic rings. The lowest BCUT2D eigenvalue weighted by Gasteiger charge is -2.29. The summed E-state index contributed by atoms with van der Waals surface area (Å²) in [5, 5.41) is 2.69. The van der Waals surface area contributed by atoms with Gasteiger partial charge in [0, 0.05) is 29.7 Å². The quantitative estimate of drug-likeness (QED) is 0.774. The number of nitrogens with one attached hydrogen (secondary N) is 1. The maximum atomic E-state index is 13.5. The molecule has 2 aromatic carbocycles. The predicted molar refractivity (Wildman–Crippen MR) is 101 cm³/mol. The third kappa shape index (κ3) is 4.02. The van der Waals surface area contributed by atoms with Crippen LogP contribution in [0.2, 0.25) is 0 Å². The maximum absolute atomic E-state index is 13.5. The summed E-state index contributed by atoms with van der Waals surface area (Å²) in [4.78, 5) is 25.7. The van der Waals surface area contributed by atoms with Crippen LogP contribution >= 0.6 is 15.9 Å². The lowest BCUT2D eigenvalue weighted by Crippen LogP contribution is -2.36. The number of carbonyl (C=O) groups excluding carboxylic acids is 2. The monoisotopic (exact) mass is 416 g/mol. The standard InChI is InChI=1S/C20H18BrFN2O2/c1-2-19(25)23-11-13-3-5-14(6-4-13)20(26)24-8-7-15-9-16(22)10-18(21)17(15)12-24/h2-6,9-10H,1,7-8,11-12H2,(H,23,25). The van der Waals surface area contributed by atoms with Crippen molar-refractivity contribution in [2.24, 2.45) is 0 Å². The lowest BCUT2D eigenvalue weighted by molar-refractivity contribution is -0.116. The molecule has 0 aromatic heterocycles. The van der Waals surface area contributed by atoms with Crippen LogP contribution in [0.1, 0.15) is 27.0 Å². The van der Waals surface area contributed by atoms with E-state index in [-0.39, 0.29) is 17.6 Å². The molecule has 3 rings (SSSR count). The smallest absolute Gasteiger partial charge is 0.254 e. The van der Waals surface area contributed by atoms with Crippen LogP contribution in [-0.4, -0.2) is 23.3 Å². The first kappa shape index (κ1) is 18.3. The second kappa shape index (κ2) is 7.83. The number of hydrogen-bond donors (Lipinski definition) is 1. The minimum Gasteiger partial charge on any atom is -0.348 e. The average molecular weight is 417 g/mol. The Balaban J connectivity index is 1.70. The third-order valence-corrected chi connectivity index (χ3v) is 5.10. The van der Waals surface area contributed by atoms with Crippen LogP contribution in [0.5, 0.6) is 0 Å². The van der Waals surface area contributed by atoms with Gasteiger partial charge in [0.25, 0.3) is 5.91 Å². The molecule has 0 unspecified atom stereocenters. The molecule has 1 aliphatic heterocycles. The fourth-order valence-electron chi connectivity index (χ4n) is 2.96. The summed E-state index contributed by atoms with van der Waals surface area (Å²) in [7, 11) is 0. The summed E-state index contributed by atoms with van der Waals surface area (Å²) in [5.74, 6) is -0.567. The molecule has 26 heavy (non-hydrogen) atoms. The molecule has 0 saturated heterocycles. The van der Waals surface area contributed by atoms with Gasteiger partial charge < -0.3 is 10.2 Å². The highest BCUT2D eigenvalue weighted by atomic mass is 79.9. The van der Waals surface area contributed by atoms with E-state index in [0.717, 1.165) is 16.7 Å². The Labute approximate surface area is 159 Å². The van der Waals surface area contributed by atoms with Gasteiger partial charge in [-0.3, -0.25) is 9.59 Å². The van der Waals surface area contributed by atoms with Crippen molar-refractivity contribution in [3.05, 3.63) is 81.6 Å². The van der Waals surface area contributed by atoms with Gasteiger partial charge >= 0.3 is 0 Å². The van der Waals surface area contributed by atoms with E-state index in [0.29, 0.717) is 36.1 Å². The number of benzene rings is 2. The fourth-order valence-corrected chi connectivity index (χ4v) is 3.56. The molecular formula is C20H18BrFN2O2. The first-order chi connectivity index (χ1) is 12.5. The third-order valence-electron chi connectivity index (χ3n) is 4.39. The van der Waals surface area contributed by atoms with E-state index >= 15 is 0 Å². The highest BCUT2D eigenvalue weighted by molar-refractivity contribution is 9.10. The van der Waals surface area contributed by atoms with E-state index in [4.69, 9.17) is 0 Å². The van der Waals surface area contributed by atoms with Crippen LogP contribution in [-0.2, 0) is 24.3 Å². The van der Waals surface area contributed by atoms with Gasteiger partial charge in [0.05, 0.1) is 0 Å². The molecule has 0 saturated carbocycles. The second-order valence-corrected chi connectivity index (χ2v) is 6.98. The maximum Gasteiger partial charge on any atom is 0.254 e. The van der Waals surface area contributed by atoms with Gasteiger partial charge in [0.15, 0.2) is 0 Å². The van der Waals surface area contributed by atoms with Crippen LogP contribution in [0.4, 0.5) is 4.39 Å². The van der Waals surface area contributed by atoms with Gasteiger partial charge in [-0.25, -0.2) is 4.39 Å². The van der Waals surface area contributed by atoms with Crippen molar-refractivity contribution in [1.82, 2.24) is 10.2 Å². The van der Waals surface area contributed by atoms with Crippen molar-refractivity contribution in [2.45, 2.75) is 19.5 Å². The van der Waals surface area contributed by atoms with E-state index in [9.17, 15) is 14.0 Å². The molecule has 0 spiro atoms. The average Bonchev–Trinajstić information content (AvgIpc) is 2.65. The van der Waals surface area contributed by atoms with Gasteiger partial charge in [-0.1, -0.05) is 34.6 Å². The van der Waals surface area contributed by atoms with E-state index in [1.54, 1.807) is 17.0 Å². The Kier molecular flexibility index (Phi) is 5.52. The Morgan fingerprint density at radius 3 is 2.69 bits per heavy atom. The number of amides is 2. The van der Waals surface area contributed by atoms with Gasteiger partial charge in [-0.15, -0.1) is 0 Å². The Morgan fingerprint density at radius 1 is 1.27 bits per heavy atom. The van der Waals surface area contributed by atoms with Crippen molar-refractivity contribution in [1.29, 1.82) is 0 Å². The SMILES string of the molecule is C=CC(=O)NCc1ccc(C(=O)N2CCc3cc(F)cc(Br)c3C2)cc1. The molecule has 134 valence electrons. The molecule has 1 heterocycles. The van der Waals surface area contributed by atoms with Crippen molar-refractivity contribution in [3.63, 3.8) is 0 Å². The van der Waals surface area contributed by atoms with Gasteiger partial charge in [0.2, 0.25) is 5.91 Å². The highest BCUT2D eigenvalue weighted by Crippen LogP contribution is 2.28. The first-order valence-electron chi connectivity index (χ1n) is 8.23. The Hall–Kier alpha value is -2.47. The molecule has 0 atom stereocenters. The van der Waals surface area contributed by atoms with Gasteiger partial charge in [-0.2, -0.15) is 0 Å². The topological polar surface area (TPSA) is 49.4 Å². The van der Waals surface area contributed by atoms with Crippen LogP contribution in [0.25, 0.3) is 0 Å². The Bertz CT molecular complexity index is 865. The minimum absolute atomic E-state index is 0.0615. The van der Waals surface area contributed by atoms with Crippen LogP contribution in [0.3, 0.4) is 0 Å².